The molecule has 2 heterocycles. The lowest BCUT2D eigenvalue weighted by Crippen LogP contribution is -2.04. The summed E-state index contributed by atoms with van der Waals surface area (Å²) in [7, 11) is 0. The molecule has 3 heteroatoms. The van der Waals surface area contributed by atoms with E-state index in [1.54, 1.807) is 0 Å². The van der Waals surface area contributed by atoms with Crippen LogP contribution in [0.25, 0.3) is 5.65 Å². The van der Waals surface area contributed by atoms with Crippen molar-refractivity contribution in [2.75, 3.05) is 0 Å². The zero-order valence-electron chi connectivity index (χ0n) is 11.0. The van der Waals surface area contributed by atoms with Gasteiger partial charge >= 0.3 is 0 Å². The summed E-state index contributed by atoms with van der Waals surface area (Å²) in [6.45, 7) is 2.59. The van der Waals surface area contributed by atoms with E-state index in [1.165, 1.54) is 11.1 Å². The molecule has 0 spiro atoms. The molecule has 0 aliphatic heterocycles. The fourth-order valence-corrected chi connectivity index (χ4v) is 2.40. The van der Waals surface area contributed by atoms with Gasteiger partial charge in [0.2, 0.25) is 0 Å². The molecule has 0 radical (unpaired) electrons. The number of aromatic nitrogens is 2. The van der Waals surface area contributed by atoms with Gasteiger partial charge in [0.25, 0.3) is 0 Å². The molecule has 3 aromatic rings. The van der Waals surface area contributed by atoms with Crippen molar-refractivity contribution in [2.24, 2.45) is 5.73 Å². The van der Waals surface area contributed by atoms with Gasteiger partial charge in [-0.3, -0.25) is 0 Å². The van der Waals surface area contributed by atoms with Gasteiger partial charge in [-0.15, -0.1) is 0 Å². The Balaban J connectivity index is 2.08. The number of nitrogens with two attached hydrogens (primary N) is 1. The summed E-state index contributed by atoms with van der Waals surface area (Å²) >= 11 is 0. The van der Waals surface area contributed by atoms with Crippen LogP contribution in [0.2, 0.25) is 0 Å². The number of hydrogen-bond acceptors (Lipinski definition) is 2. The molecule has 2 aromatic heterocycles. The Bertz CT molecular complexity index is 699. The maximum absolute atomic E-state index is 5.90. The third kappa shape index (κ3) is 2.25. The van der Waals surface area contributed by atoms with Crippen LogP contribution in [-0.2, 0) is 13.0 Å². The highest BCUT2D eigenvalue weighted by molar-refractivity contribution is 5.45. The van der Waals surface area contributed by atoms with Gasteiger partial charge in [0.1, 0.15) is 5.65 Å². The van der Waals surface area contributed by atoms with Crippen LogP contribution in [0.3, 0.4) is 0 Å². The molecule has 0 fully saturated rings. The normalized spacial score (nSPS) is 11.1. The largest absolute Gasteiger partial charge is 0.325 e. The fourth-order valence-electron chi connectivity index (χ4n) is 2.40. The van der Waals surface area contributed by atoms with Crippen molar-refractivity contribution in [3.63, 3.8) is 0 Å². The molecule has 0 amide bonds. The standard InChI is InChI=1S/C16H17N3/c1-12-7-8-16-18-14(15(10-17)19(16)11-12)9-13-5-3-2-4-6-13/h2-8,11H,9-10,17H2,1H3. The summed E-state index contributed by atoms with van der Waals surface area (Å²) in [4.78, 5) is 4.70. The van der Waals surface area contributed by atoms with Crippen molar-refractivity contribution < 1.29 is 0 Å². The van der Waals surface area contributed by atoms with Gasteiger partial charge in [0.05, 0.1) is 11.4 Å². The molecular formula is C16H17N3. The van der Waals surface area contributed by atoms with Gasteiger partial charge in [-0.2, -0.15) is 0 Å². The van der Waals surface area contributed by atoms with Crippen LogP contribution in [0.4, 0.5) is 0 Å². The van der Waals surface area contributed by atoms with Crippen molar-refractivity contribution in [1.82, 2.24) is 9.38 Å². The molecule has 0 aliphatic carbocycles. The van der Waals surface area contributed by atoms with E-state index in [1.807, 2.05) is 12.1 Å². The van der Waals surface area contributed by atoms with Crippen LogP contribution in [0.5, 0.6) is 0 Å². The minimum atomic E-state index is 0.507. The summed E-state index contributed by atoms with van der Waals surface area (Å²) in [5.41, 5.74) is 11.5. The van der Waals surface area contributed by atoms with Gasteiger partial charge in [0.15, 0.2) is 0 Å². The number of nitrogens with zero attached hydrogens (tertiary/aromatic N) is 2. The van der Waals surface area contributed by atoms with E-state index in [0.29, 0.717) is 6.54 Å². The molecule has 0 saturated carbocycles. The van der Waals surface area contributed by atoms with E-state index in [-0.39, 0.29) is 0 Å². The van der Waals surface area contributed by atoms with E-state index in [4.69, 9.17) is 10.7 Å². The first-order chi connectivity index (χ1) is 9.28. The zero-order chi connectivity index (χ0) is 13.2. The number of benzene rings is 1. The first-order valence-electron chi connectivity index (χ1n) is 6.48. The number of aryl methyl sites for hydroxylation is 1. The quantitative estimate of drug-likeness (QED) is 0.777. The number of fused-ring (bicyclic) bond motifs is 1. The second-order valence-electron chi connectivity index (χ2n) is 4.81. The smallest absolute Gasteiger partial charge is 0.137 e. The van der Waals surface area contributed by atoms with Gasteiger partial charge in [-0.1, -0.05) is 36.4 Å². The molecule has 1 aromatic carbocycles. The topological polar surface area (TPSA) is 43.3 Å². The Labute approximate surface area is 112 Å². The Morgan fingerprint density at radius 1 is 1.11 bits per heavy atom. The highest BCUT2D eigenvalue weighted by Gasteiger charge is 2.11. The Morgan fingerprint density at radius 3 is 2.63 bits per heavy atom. The molecule has 0 atom stereocenters. The van der Waals surface area contributed by atoms with E-state index in [2.05, 4.69) is 47.9 Å². The number of pyridine rings is 1. The van der Waals surface area contributed by atoms with Crippen LogP contribution in [0.1, 0.15) is 22.5 Å². The molecule has 0 bridgehead atoms. The molecule has 19 heavy (non-hydrogen) atoms. The summed E-state index contributed by atoms with van der Waals surface area (Å²) in [6, 6.07) is 14.5. The van der Waals surface area contributed by atoms with Gasteiger partial charge in [-0.05, 0) is 24.1 Å². The molecule has 3 nitrogen and oxygen atoms in total. The van der Waals surface area contributed by atoms with Gasteiger partial charge in [0, 0.05) is 19.2 Å². The van der Waals surface area contributed by atoms with Crippen molar-refractivity contribution in [1.29, 1.82) is 0 Å². The predicted octanol–water partition coefficient (Wildman–Crippen LogP) is 2.69. The summed E-state index contributed by atoms with van der Waals surface area (Å²) in [5.74, 6) is 0. The second-order valence-corrected chi connectivity index (χ2v) is 4.81. The van der Waals surface area contributed by atoms with Crippen molar-refractivity contribution in [3.05, 3.63) is 71.2 Å². The Hall–Kier alpha value is -2.13. The number of imidazole rings is 1. The minimum Gasteiger partial charge on any atom is -0.325 e. The minimum absolute atomic E-state index is 0.507. The molecule has 0 aliphatic rings. The summed E-state index contributed by atoms with van der Waals surface area (Å²) in [5, 5.41) is 0. The van der Waals surface area contributed by atoms with Crippen LogP contribution in [0, 0.1) is 6.92 Å². The highest BCUT2D eigenvalue weighted by atomic mass is 15.0. The van der Waals surface area contributed by atoms with E-state index in [0.717, 1.165) is 23.5 Å². The molecule has 0 unspecified atom stereocenters. The SMILES string of the molecule is Cc1ccc2nc(Cc3ccccc3)c(CN)n2c1. The average Bonchev–Trinajstić information content (AvgIpc) is 2.76. The lowest BCUT2D eigenvalue weighted by molar-refractivity contribution is 0.922. The predicted molar refractivity (Wildman–Crippen MR) is 77.1 cm³/mol. The van der Waals surface area contributed by atoms with E-state index in [9.17, 15) is 0 Å². The van der Waals surface area contributed by atoms with Crippen LogP contribution in [-0.4, -0.2) is 9.38 Å². The lowest BCUT2D eigenvalue weighted by atomic mass is 10.1. The van der Waals surface area contributed by atoms with Crippen LogP contribution in [0.15, 0.2) is 48.7 Å². The summed E-state index contributed by atoms with van der Waals surface area (Å²) in [6.07, 6.45) is 2.92. The maximum Gasteiger partial charge on any atom is 0.137 e. The number of hydrogen-bond donors (Lipinski definition) is 1. The molecular weight excluding hydrogens is 234 g/mol. The van der Waals surface area contributed by atoms with Crippen molar-refractivity contribution in [3.8, 4) is 0 Å². The molecule has 2 N–H and O–H groups in total. The van der Waals surface area contributed by atoms with Crippen molar-refractivity contribution >= 4 is 5.65 Å². The second kappa shape index (κ2) is 4.86. The third-order valence-electron chi connectivity index (χ3n) is 3.36. The van der Waals surface area contributed by atoms with Gasteiger partial charge < -0.3 is 10.1 Å². The maximum atomic E-state index is 5.90. The Morgan fingerprint density at radius 2 is 1.89 bits per heavy atom. The van der Waals surface area contributed by atoms with E-state index >= 15 is 0 Å². The van der Waals surface area contributed by atoms with Gasteiger partial charge in [-0.25, -0.2) is 4.98 Å². The highest BCUT2D eigenvalue weighted by Crippen LogP contribution is 2.17. The third-order valence-corrected chi connectivity index (χ3v) is 3.36. The van der Waals surface area contributed by atoms with E-state index < -0.39 is 0 Å². The molecule has 96 valence electrons. The van der Waals surface area contributed by atoms with Crippen LogP contribution >= 0.6 is 0 Å². The number of rotatable bonds is 3. The zero-order valence-corrected chi connectivity index (χ0v) is 11.0. The first-order valence-corrected chi connectivity index (χ1v) is 6.48. The first kappa shape index (κ1) is 11.9. The molecule has 3 rings (SSSR count). The average molecular weight is 251 g/mol. The van der Waals surface area contributed by atoms with Crippen molar-refractivity contribution in [2.45, 2.75) is 19.9 Å². The monoisotopic (exact) mass is 251 g/mol. The summed E-state index contributed by atoms with van der Waals surface area (Å²) < 4.78 is 2.10. The van der Waals surface area contributed by atoms with Crippen LogP contribution < -0.4 is 5.73 Å². The molecule has 0 saturated heterocycles. The Kier molecular flexibility index (Phi) is 3.05. The fraction of sp³-hybridized carbons (Fsp3) is 0.188. The lowest BCUT2D eigenvalue weighted by Gasteiger charge is -2.03.